The van der Waals surface area contributed by atoms with E-state index in [1.54, 1.807) is 30.3 Å². The van der Waals surface area contributed by atoms with Crippen LogP contribution in [0.15, 0.2) is 54.6 Å². The molecule has 0 unspecified atom stereocenters. The van der Waals surface area contributed by atoms with Gasteiger partial charge in [0.1, 0.15) is 5.75 Å². The minimum absolute atomic E-state index is 0.140. The summed E-state index contributed by atoms with van der Waals surface area (Å²) < 4.78 is 5.21. The SMILES string of the molecule is NC(=O)COc1ccc(/C=C/C(=O)NC2(c3ccc(Cl)cc3)CCC2)cc1. The van der Waals surface area contributed by atoms with E-state index in [4.69, 9.17) is 22.1 Å². The Kier molecular flexibility index (Phi) is 5.81. The number of hydrogen-bond acceptors (Lipinski definition) is 3. The summed E-state index contributed by atoms with van der Waals surface area (Å²) in [6.45, 7) is -0.162. The van der Waals surface area contributed by atoms with Crippen LogP contribution in [0, 0.1) is 0 Å². The lowest BCUT2D eigenvalue weighted by Gasteiger charge is -2.43. The first-order valence-corrected chi connectivity index (χ1v) is 9.12. The van der Waals surface area contributed by atoms with Crippen LogP contribution in [-0.4, -0.2) is 18.4 Å². The summed E-state index contributed by atoms with van der Waals surface area (Å²) in [5.41, 5.74) is 6.67. The lowest BCUT2D eigenvalue weighted by Crippen LogP contribution is -2.50. The number of hydrogen-bond donors (Lipinski definition) is 2. The maximum atomic E-state index is 12.4. The third-order valence-electron chi connectivity index (χ3n) is 4.65. The Morgan fingerprint density at radius 2 is 1.78 bits per heavy atom. The summed E-state index contributed by atoms with van der Waals surface area (Å²) in [5, 5.41) is 3.82. The number of amides is 2. The van der Waals surface area contributed by atoms with E-state index in [2.05, 4.69) is 5.32 Å². The number of nitrogens with two attached hydrogens (primary N) is 1. The van der Waals surface area contributed by atoms with Crippen LogP contribution in [0.1, 0.15) is 30.4 Å². The second-order valence-electron chi connectivity index (χ2n) is 6.59. The molecule has 1 aliphatic carbocycles. The highest BCUT2D eigenvalue weighted by Crippen LogP contribution is 2.41. The Labute approximate surface area is 163 Å². The molecule has 0 heterocycles. The molecule has 5 nitrogen and oxygen atoms in total. The van der Waals surface area contributed by atoms with Gasteiger partial charge >= 0.3 is 0 Å². The molecule has 2 aromatic rings. The van der Waals surface area contributed by atoms with Crippen LogP contribution in [0.3, 0.4) is 0 Å². The zero-order chi connectivity index (χ0) is 19.3. The summed E-state index contributed by atoms with van der Waals surface area (Å²) >= 11 is 5.96. The van der Waals surface area contributed by atoms with E-state index in [1.807, 2.05) is 24.3 Å². The van der Waals surface area contributed by atoms with Crippen LogP contribution in [-0.2, 0) is 15.1 Å². The Bertz CT molecular complexity index is 841. The molecule has 1 aliphatic rings. The first-order chi connectivity index (χ1) is 13.0. The van der Waals surface area contributed by atoms with E-state index in [0.29, 0.717) is 10.8 Å². The molecule has 2 amide bonds. The monoisotopic (exact) mass is 384 g/mol. The maximum absolute atomic E-state index is 12.4. The van der Waals surface area contributed by atoms with Gasteiger partial charge in [0.15, 0.2) is 6.61 Å². The van der Waals surface area contributed by atoms with Crippen molar-refractivity contribution in [2.75, 3.05) is 6.61 Å². The van der Waals surface area contributed by atoms with Crippen LogP contribution in [0.2, 0.25) is 5.02 Å². The minimum atomic E-state index is -0.527. The third kappa shape index (κ3) is 4.89. The summed E-state index contributed by atoms with van der Waals surface area (Å²) in [4.78, 5) is 23.1. The topological polar surface area (TPSA) is 81.4 Å². The predicted molar refractivity (Wildman–Crippen MR) is 105 cm³/mol. The fourth-order valence-electron chi connectivity index (χ4n) is 3.06. The second kappa shape index (κ2) is 8.27. The average Bonchev–Trinajstić information content (AvgIpc) is 2.63. The van der Waals surface area contributed by atoms with E-state index < -0.39 is 5.91 Å². The molecule has 0 saturated heterocycles. The Morgan fingerprint density at radius 3 is 2.33 bits per heavy atom. The summed E-state index contributed by atoms with van der Waals surface area (Å²) in [5.74, 6) is -0.119. The molecular weight excluding hydrogens is 364 g/mol. The summed E-state index contributed by atoms with van der Waals surface area (Å²) in [6.07, 6.45) is 6.18. The van der Waals surface area contributed by atoms with Gasteiger partial charge in [-0.05, 0) is 60.7 Å². The van der Waals surface area contributed by atoms with Gasteiger partial charge < -0.3 is 15.8 Å². The van der Waals surface area contributed by atoms with Crippen molar-refractivity contribution in [2.45, 2.75) is 24.8 Å². The summed E-state index contributed by atoms with van der Waals surface area (Å²) in [7, 11) is 0. The van der Waals surface area contributed by atoms with Crippen LogP contribution < -0.4 is 15.8 Å². The molecule has 3 rings (SSSR count). The number of benzene rings is 2. The van der Waals surface area contributed by atoms with Crippen molar-refractivity contribution in [1.82, 2.24) is 5.32 Å². The number of rotatable bonds is 7. The van der Waals surface area contributed by atoms with Crippen LogP contribution in [0.25, 0.3) is 6.08 Å². The van der Waals surface area contributed by atoms with Gasteiger partial charge in [-0.1, -0.05) is 35.9 Å². The minimum Gasteiger partial charge on any atom is -0.484 e. The maximum Gasteiger partial charge on any atom is 0.255 e. The van der Waals surface area contributed by atoms with Gasteiger partial charge in [-0.15, -0.1) is 0 Å². The Balaban J connectivity index is 1.61. The smallest absolute Gasteiger partial charge is 0.255 e. The molecule has 1 saturated carbocycles. The molecule has 3 N–H and O–H groups in total. The zero-order valence-electron chi connectivity index (χ0n) is 14.8. The van der Waals surface area contributed by atoms with Crippen molar-refractivity contribution in [1.29, 1.82) is 0 Å². The van der Waals surface area contributed by atoms with Crippen LogP contribution in [0.5, 0.6) is 5.75 Å². The van der Waals surface area contributed by atoms with Gasteiger partial charge in [-0.2, -0.15) is 0 Å². The number of halogens is 1. The first-order valence-electron chi connectivity index (χ1n) is 8.74. The normalized spacial score (nSPS) is 15.1. The largest absolute Gasteiger partial charge is 0.484 e. The van der Waals surface area contributed by atoms with Crippen molar-refractivity contribution < 1.29 is 14.3 Å². The Hall–Kier alpha value is -2.79. The number of carbonyl (C=O) groups excluding carboxylic acids is 2. The molecule has 0 atom stereocenters. The lowest BCUT2D eigenvalue weighted by atomic mass is 9.72. The molecule has 0 bridgehead atoms. The number of carbonyl (C=O) groups is 2. The van der Waals surface area contributed by atoms with Gasteiger partial charge in [0.25, 0.3) is 5.91 Å². The highest BCUT2D eigenvalue weighted by molar-refractivity contribution is 6.30. The average molecular weight is 385 g/mol. The standard InChI is InChI=1S/C21H21ClN2O3/c22-17-7-5-16(6-8-17)21(12-1-13-21)24-20(26)11-4-15-2-9-18(10-3-15)27-14-19(23)25/h2-11H,1,12-14H2,(H2,23,25)(H,24,26)/b11-4+. The van der Waals surface area contributed by atoms with Crippen molar-refractivity contribution >= 4 is 29.5 Å². The molecule has 140 valence electrons. The quantitative estimate of drug-likeness (QED) is 0.718. The predicted octanol–water partition coefficient (Wildman–Crippen LogP) is 3.41. The van der Waals surface area contributed by atoms with Gasteiger partial charge in [0, 0.05) is 11.1 Å². The molecule has 0 radical (unpaired) electrons. The van der Waals surface area contributed by atoms with Crippen molar-refractivity contribution in [3.63, 3.8) is 0 Å². The van der Waals surface area contributed by atoms with Gasteiger partial charge in [-0.3, -0.25) is 9.59 Å². The summed E-state index contributed by atoms with van der Waals surface area (Å²) in [6, 6.07) is 14.7. The van der Waals surface area contributed by atoms with Crippen molar-refractivity contribution in [2.24, 2.45) is 5.73 Å². The van der Waals surface area contributed by atoms with Gasteiger partial charge in [0.05, 0.1) is 5.54 Å². The highest BCUT2D eigenvalue weighted by atomic mass is 35.5. The fourth-order valence-corrected chi connectivity index (χ4v) is 3.19. The van der Waals surface area contributed by atoms with Gasteiger partial charge in [-0.25, -0.2) is 0 Å². The molecule has 0 aliphatic heterocycles. The van der Waals surface area contributed by atoms with E-state index in [9.17, 15) is 9.59 Å². The van der Waals surface area contributed by atoms with Crippen LogP contribution >= 0.6 is 11.6 Å². The highest BCUT2D eigenvalue weighted by Gasteiger charge is 2.39. The van der Waals surface area contributed by atoms with Gasteiger partial charge in [0.2, 0.25) is 5.91 Å². The molecule has 0 aromatic heterocycles. The number of primary amides is 1. The molecule has 1 fully saturated rings. The first kappa shape index (κ1) is 19.0. The van der Waals surface area contributed by atoms with E-state index >= 15 is 0 Å². The van der Waals surface area contributed by atoms with Crippen molar-refractivity contribution in [3.05, 3.63) is 70.8 Å². The second-order valence-corrected chi connectivity index (χ2v) is 7.03. The molecule has 0 spiro atoms. The van der Waals surface area contributed by atoms with Crippen LogP contribution in [0.4, 0.5) is 0 Å². The van der Waals surface area contributed by atoms with E-state index in [-0.39, 0.29) is 18.1 Å². The number of nitrogens with one attached hydrogen (secondary N) is 1. The molecule has 2 aromatic carbocycles. The van der Waals surface area contributed by atoms with E-state index in [0.717, 1.165) is 30.4 Å². The fraction of sp³-hybridized carbons (Fsp3) is 0.238. The molecule has 27 heavy (non-hydrogen) atoms. The lowest BCUT2D eigenvalue weighted by molar-refractivity contribution is -0.120. The van der Waals surface area contributed by atoms with Crippen molar-refractivity contribution in [3.8, 4) is 5.75 Å². The third-order valence-corrected chi connectivity index (χ3v) is 4.91. The van der Waals surface area contributed by atoms with E-state index in [1.165, 1.54) is 6.08 Å². The zero-order valence-corrected chi connectivity index (χ0v) is 15.5. The molecule has 6 heteroatoms. The Morgan fingerprint density at radius 1 is 1.11 bits per heavy atom. The number of ether oxygens (including phenoxy) is 1. The molecular formula is C21H21ClN2O3.